The Morgan fingerprint density at radius 1 is 1.55 bits per heavy atom. The zero-order valence-electron chi connectivity index (χ0n) is 10.6. The predicted octanol–water partition coefficient (Wildman–Crippen LogP) is 2.59. The third-order valence-electron chi connectivity index (χ3n) is 3.22. The first kappa shape index (κ1) is 14.8. The van der Waals surface area contributed by atoms with E-state index in [0.29, 0.717) is 17.0 Å². The van der Waals surface area contributed by atoms with Crippen molar-refractivity contribution in [3.05, 3.63) is 34.2 Å². The maximum absolute atomic E-state index is 12.1. The molecule has 0 bridgehead atoms. The number of hydrogen-bond acceptors (Lipinski definition) is 4. The molecule has 0 unspecified atom stereocenters. The minimum absolute atomic E-state index is 0.0498. The molecule has 0 spiro atoms. The zero-order valence-corrected chi connectivity index (χ0v) is 12.2. The molecular weight excluding hydrogens is 294 g/mol. The summed E-state index contributed by atoms with van der Waals surface area (Å²) < 4.78 is 0. The number of thiocarbonyl (C=S) groups is 1. The summed E-state index contributed by atoms with van der Waals surface area (Å²) in [7, 11) is 0. The number of aliphatic hydroxyl groups excluding tert-OH is 1. The molecule has 0 saturated heterocycles. The summed E-state index contributed by atoms with van der Waals surface area (Å²) in [5.74, 6) is 1.89. The van der Waals surface area contributed by atoms with Crippen LogP contribution in [0.1, 0.15) is 19.3 Å². The molecule has 20 heavy (non-hydrogen) atoms. The lowest BCUT2D eigenvalue weighted by molar-refractivity contribution is -0.109. The molecule has 0 amide bonds. The number of halogens is 1. The molecule has 2 N–H and O–H groups in total. The van der Waals surface area contributed by atoms with Crippen LogP contribution in [0, 0.1) is 11.2 Å². The number of carbonyl (C=O) groups is 1. The van der Waals surface area contributed by atoms with Gasteiger partial charge in [0.15, 0.2) is 0 Å². The molecule has 7 heteroatoms. The first-order valence-electron chi connectivity index (χ1n) is 6.26. The third kappa shape index (κ3) is 3.11. The topological polar surface area (TPSA) is 73.1 Å². The molecule has 4 nitrogen and oxygen atoms in total. The van der Waals surface area contributed by atoms with E-state index in [-0.39, 0.29) is 22.7 Å². The van der Waals surface area contributed by atoms with Gasteiger partial charge in [-0.2, -0.15) is 0 Å². The first-order chi connectivity index (χ1) is 9.52. The van der Waals surface area contributed by atoms with Crippen molar-refractivity contribution in [2.24, 2.45) is 0 Å². The van der Waals surface area contributed by atoms with Gasteiger partial charge in [-0.3, -0.25) is 0 Å². The Bertz CT molecular complexity index is 604. The van der Waals surface area contributed by atoms with Gasteiger partial charge in [0.2, 0.25) is 0 Å². The summed E-state index contributed by atoms with van der Waals surface area (Å²) in [5.41, 5.74) is 0.340. The van der Waals surface area contributed by atoms with Gasteiger partial charge in [0.1, 0.15) is 16.4 Å². The van der Waals surface area contributed by atoms with Gasteiger partial charge in [-0.25, -0.2) is 5.26 Å². The summed E-state index contributed by atoms with van der Waals surface area (Å²) in [6.07, 6.45) is 5.86. The number of aliphatic hydroxyl groups is 1. The predicted molar refractivity (Wildman–Crippen MR) is 82.4 cm³/mol. The number of nitriles is 1. The van der Waals surface area contributed by atoms with Crippen molar-refractivity contribution in [3.8, 4) is 5.97 Å². The van der Waals surface area contributed by atoms with Crippen LogP contribution in [0.2, 0.25) is 6.32 Å². The van der Waals surface area contributed by atoms with Gasteiger partial charge in [-0.15, -0.1) is 0 Å². The Balaban J connectivity index is 2.18. The summed E-state index contributed by atoms with van der Waals surface area (Å²) >= 11 is 11.1. The molecule has 1 aliphatic heterocycles. The van der Waals surface area contributed by atoms with Crippen molar-refractivity contribution in [2.75, 3.05) is 0 Å². The molecule has 102 valence electrons. The van der Waals surface area contributed by atoms with Crippen LogP contribution in [0.4, 0.5) is 0 Å². The second-order valence-corrected chi connectivity index (χ2v) is 5.54. The summed E-state index contributed by atoms with van der Waals surface area (Å²) in [6.45, 7) is -0.736. The Labute approximate surface area is 127 Å². The molecule has 0 aromatic heterocycles. The average Bonchev–Trinajstić information content (AvgIpc) is 2.39. The monoisotopic (exact) mass is 306 g/mol. The fraction of sp³-hybridized carbons (Fsp3) is 0.308. The van der Waals surface area contributed by atoms with Gasteiger partial charge in [0, 0.05) is 23.1 Å². The van der Waals surface area contributed by atoms with Gasteiger partial charge >= 0.3 is 6.71 Å². The molecule has 0 aromatic rings. The summed E-state index contributed by atoms with van der Waals surface area (Å²) in [6, 6.07) is 0. The third-order valence-corrected chi connectivity index (χ3v) is 3.83. The number of allylic oxidation sites excluding steroid dienone is 4. The lowest BCUT2D eigenvalue weighted by atomic mass is 9.41. The highest BCUT2D eigenvalue weighted by molar-refractivity contribution is 7.81. The van der Waals surface area contributed by atoms with Crippen molar-refractivity contribution in [3.63, 3.8) is 0 Å². The Morgan fingerprint density at radius 3 is 2.95 bits per heavy atom. The van der Waals surface area contributed by atoms with E-state index in [4.69, 9.17) is 29.1 Å². The van der Waals surface area contributed by atoms with Crippen molar-refractivity contribution < 1.29 is 9.90 Å². The number of rotatable bonds is 2. The van der Waals surface area contributed by atoms with E-state index in [2.05, 4.69) is 5.32 Å². The molecule has 2 aliphatic rings. The van der Waals surface area contributed by atoms with E-state index in [1.54, 1.807) is 6.08 Å². The highest BCUT2D eigenvalue weighted by atomic mass is 35.5. The normalized spacial score (nSPS) is 19.2. The van der Waals surface area contributed by atoms with Crippen LogP contribution in [0.15, 0.2) is 34.2 Å². The number of nitrogens with one attached hydrogen (secondary N) is 1. The van der Waals surface area contributed by atoms with Crippen LogP contribution in [-0.4, -0.2) is 22.5 Å². The van der Waals surface area contributed by atoms with Crippen LogP contribution >= 0.6 is 23.8 Å². The summed E-state index contributed by atoms with van der Waals surface area (Å²) in [5, 5.41) is 22.4. The zero-order chi connectivity index (χ0) is 14.7. The average molecular weight is 307 g/mol. The van der Waals surface area contributed by atoms with E-state index < -0.39 is 12.4 Å². The minimum Gasteiger partial charge on any atom is -0.512 e. The molecule has 0 aromatic carbocycles. The van der Waals surface area contributed by atoms with E-state index in [0.717, 1.165) is 12.8 Å². The van der Waals surface area contributed by atoms with Crippen LogP contribution in [0.5, 0.6) is 0 Å². The minimum atomic E-state index is -0.736. The van der Waals surface area contributed by atoms with Gasteiger partial charge in [0.25, 0.3) is 0 Å². The molecule has 0 atom stereocenters. The number of nitrogens with zero attached hydrogens (tertiary/aromatic N) is 1. The van der Waals surface area contributed by atoms with Crippen LogP contribution in [-0.2, 0) is 4.79 Å². The fourth-order valence-electron chi connectivity index (χ4n) is 2.17. The van der Waals surface area contributed by atoms with E-state index in [9.17, 15) is 9.90 Å². The smallest absolute Gasteiger partial charge is 0.351 e. The number of hydrogen-bond donors (Lipinski definition) is 2. The van der Waals surface area contributed by atoms with Crippen LogP contribution in [0.25, 0.3) is 0 Å². The molecular formula is C13H12BClN2O2S. The quantitative estimate of drug-likeness (QED) is 0.606. The SMILES string of the molecule is N#CB1CCC(O)=C(C(=S)NC2=CCCC(Cl)=C2)C1=O. The van der Waals surface area contributed by atoms with Crippen molar-refractivity contribution in [2.45, 2.75) is 25.6 Å². The van der Waals surface area contributed by atoms with Gasteiger partial charge < -0.3 is 15.2 Å². The largest absolute Gasteiger partial charge is 0.512 e. The van der Waals surface area contributed by atoms with Crippen LogP contribution < -0.4 is 5.32 Å². The second kappa shape index (κ2) is 6.25. The molecule has 0 fully saturated rings. The lowest BCUT2D eigenvalue weighted by Gasteiger charge is -2.20. The van der Waals surface area contributed by atoms with Gasteiger partial charge in [0.05, 0.1) is 5.57 Å². The highest BCUT2D eigenvalue weighted by Gasteiger charge is 2.35. The Kier molecular flexibility index (Phi) is 4.63. The standard InChI is InChI=1S/C13H12BClN2O2S/c15-8-2-1-3-9(6-8)17-13(20)11-10(18)4-5-14(7-16)12(11)19/h3,6,18H,1-2,4-5H2,(H,17,20). The van der Waals surface area contributed by atoms with Crippen molar-refractivity contribution >= 4 is 41.2 Å². The van der Waals surface area contributed by atoms with Gasteiger partial charge in [-0.05, 0) is 25.2 Å². The van der Waals surface area contributed by atoms with Crippen molar-refractivity contribution in [1.29, 1.82) is 5.26 Å². The maximum atomic E-state index is 12.1. The fourth-order valence-corrected chi connectivity index (χ4v) is 2.73. The van der Waals surface area contributed by atoms with Crippen molar-refractivity contribution in [1.82, 2.24) is 5.32 Å². The molecule has 1 aliphatic carbocycles. The number of carbonyl (C=O) groups excluding carboxylic acids is 1. The summed E-state index contributed by atoms with van der Waals surface area (Å²) in [4.78, 5) is 12.2. The Hall–Kier alpha value is -1.58. The van der Waals surface area contributed by atoms with Crippen LogP contribution in [0.3, 0.4) is 0 Å². The first-order valence-corrected chi connectivity index (χ1v) is 7.05. The second-order valence-electron chi connectivity index (χ2n) is 4.65. The molecule has 0 radical (unpaired) electrons. The Morgan fingerprint density at radius 2 is 2.30 bits per heavy atom. The van der Waals surface area contributed by atoms with Gasteiger partial charge in [-0.1, -0.05) is 29.9 Å². The van der Waals surface area contributed by atoms with E-state index in [1.807, 2.05) is 12.0 Å². The highest BCUT2D eigenvalue weighted by Crippen LogP contribution is 2.23. The van der Waals surface area contributed by atoms with E-state index in [1.165, 1.54) is 0 Å². The molecule has 0 saturated carbocycles. The molecule has 1 heterocycles. The molecule has 2 rings (SSSR count). The van der Waals surface area contributed by atoms with E-state index >= 15 is 0 Å². The lowest BCUT2D eigenvalue weighted by Crippen LogP contribution is -2.37. The maximum Gasteiger partial charge on any atom is 0.351 e.